The summed E-state index contributed by atoms with van der Waals surface area (Å²) in [5, 5.41) is 6.99. The molecule has 6 nitrogen and oxygen atoms in total. The maximum Gasteiger partial charge on any atom is 0.175 e. The average molecular weight is 382 g/mol. The lowest BCUT2D eigenvalue weighted by molar-refractivity contribution is 0.396. The first-order valence-corrected chi connectivity index (χ1v) is 8.11. The second-order valence-electron chi connectivity index (χ2n) is 5.18. The number of aryl methyl sites for hydroxylation is 1. The van der Waals surface area contributed by atoms with Crippen LogP contribution in [0.5, 0.6) is 17.2 Å². The second kappa shape index (κ2) is 8.13. The molecule has 0 aliphatic rings. The predicted molar refractivity (Wildman–Crippen MR) is 107 cm³/mol. The van der Waals surface area contributed by atoms with Crippen LogP contribution < -0.4 is 30.6 Å². The van der Waals surface area contributed by atoms with Gasteiger partial charge in [0.05, 0.1) is 37.7 Å². The van der Waals surface area contributed by atoms with Crippen molar-refractivity contribution in [1.82, 2.24) is 0 Å². The number of hydrogen-bond acceptors (Lipinski definition) is 5. The van der Waals surface area contributed by atoms with Crippen LogP contribution in [-0.2, 0) is 0 Å². The summed E-state index contributed by atoms with van der Waals surface area (Å²) in [6, 6.07) is 6.97. The first-order valence-electron chi connectivity index (χ1n) is 7.33. The molecule has 0 atom stereocenters. The summed E-state index contributed by atoms with van der Waals surface area (Å²) < 4.78 is 15.8. The predicted octanol–water partition coefficient (Wildman–Crippen LogP) is 4.07. The molecular formula is C17H20ClN3O3S. The molecule has 0 amide bonds. The van der Waals surface area contributed by atoms with Crippen LogP contribution in [0.15, 0.2) is 24.3 Å². The van der Waals surface area contributed by atoms with E-state index >= 15 is 0 Å². The zero-order valence-electron chi connectivity index (χ0n) is 14.4. The molecule has 0 aromatic heterocycles. The Hall–Kier alpha value is -2.38. The highest BCUT2D eigenvalue weighted by Gasteiger charge is 2.12. The number of nitrogens with two attached hydrogens (primary N) is 1. The number of anilines is 3. The molecule has 0 saturated carbocycles. The van der Waals surface area contributed by atoms with Gasteiger partial charge in [0.1, 0.15) is 17.2 Å². The highest BCUT2D eigenvalue weighted by atomic mass is 35.5. The first-order chi connectivity index (χ1) is 11.9. The molecule has 0 aliphatic heterocycles. The maximum absolute atomic E-state index is 6.17. The van der Waals surface area contributed by atoms with Crippen molar-refractivity contribution in [3.8, 4) is 17.2 Å². The minimum absolute atomic E-state index is 0.370. The van der Waals surface area contributed by atoms with Gasteiger partial charge in [-0.15, -0.1) is 0 Å². The normalized spacial score (nSPS) is 10.1. The van der Waals surface area contributed by atoms with Gasteiger partial charge in [0.2, 0.25) is 0 Å². The van der Waals surface area contributed by atoms with Gasteiger partial charge in [-0.3, -0.25) is 0 Å². The van der Waals surface area contributed by atoms with Crippen molar-refractivity contribution in [2.24, 2.45) is 0 Å². The lowest BCUT2D eigenvalue weighted by Gasteiger charge is -2.17. The topological polar surface area (TPSA) is 77.8 Å². The van der Waals surface area contributed by atoms with Gasteiger partial charge < -0.3 is 30.6 Å². The number of halogens is 1. The van der Waals surface area contributed by atoms with Gasteiger partial charge in [-0.05, 0) is 36.8 Å². The number of methoxy groups -OCH3 is 3. The minimum atomic E-state index is 0.370. The van der Waals surface area contributed by atoms with Crippen LogP contribution in [0, 0.1) is 6.92 Å². The van der Waals surface area contributed by atoms with Crippen LogP contribution in [0.25, 0.3) is 0 Å². The number of nitrogens with one attached hydrogen (secondary N) is 2. The third-order valence-corrected chi connectivity index (χ3v) is 4.05. The SMILES string of the molecule is COc1cc(NC(=S)Nc2cc(Cl)c(OC)cc2OC)c(C)cc1N. The number of rotatable bonds is 5. The summed E-state index contributed by atoms with van der Waals surface area (Å²) in [6.07, 6.45) is 0. The standard InChI is InChI=1S/C17H20ClN3O3S/c1-9-5-11(19)15(23-3)7-12(9)20-17(25)21-13-6-10(18)14(22-2)8-16(13)24-4/h5-8H,19H2,1-4H3,(H2,20,21,25). The van der Waals surface area contributed by atoms with E-state index in [9.17, 15) is 0 Å². The molecule has 0 saturated heterocycles. The van der Waals surface area contributed by atoms with Crippen molar-refractivity contribution in [3.63, 3.8) is 0 Å². The Labute approximate surface area is 157 Å². The smallest absolute Gasteiger partial charge is 0.175 e. The fourth-order valence-corrected chi connectivity index (χ4v) is 2.72. The lowest BCUT2D eigenvalue weighted by Crippen LogP contribution is -2.20. The number of hydrogen-bond donors (Lipinski definition) is 3. The third-order valence-electron chi connectivity index (χ3n) is 3.55. The van der Waals surface area contributed by atoms with Gasteiger partial charge in [-0.25, -0.2) is 0 Å². The van der Waals surface area contributed by atoms with Gasteiger partial charge >= 0.3 is 0 Å². The summed E-state index contributed by atoms with van der Waals surface area (Å²) in [7, 11) is 4.65. The average Bonchev–Trinajstić information content (AvgIpc) is 2.57. The number of thiocarbonyl (C=S) groups is 1. The molecule has 8 heteroatoms. The zero-order chi connectivity index (χ0) is 18.6. The second-order valence-corrected chi connectivity index (χ2v) is 5.99. The summed E-state index contributed by atoms with van der Waals surface area (Å²) in [4.78, 5) is 0. The molecule has 2 aromatic carbocycles. The summed E-state index contributed by atoms with van der Waals surface area (Å²) >= 11 is 11.5. The first kappa shape index (κ1) is 19.0. The Morgan fingerprint density at radius 1 is 0.920 bits per heavy atom. The van der Waals surface area contributed by atoms with E-state index in [1.165, 1.54) is 7.11 Å². The molecule has 4 N–H and O–H groups in total. The molecule has 134 valence electrons. The molecule has 0 aliphatic carbocycles. The quantitative estimate of drug-likeness (QED) is 0.532. The van der Waals surface area contributed by atoms with Gasteiger partial charge in [0.15, 0.2) is 5.11 Å². The van der Waals surface area contributed by atoms with Crippen LogP contribution in [0.2, 0.25) is 5.02 Å². The van der Waals surface area contributed by atoms with Gasteiger partial charge in [-0.2, -0.15) is 0 Å². The molecule has 0 unspecified atom stereocenters. The van der Waals surface area contributed by atoms with Crippen LogP contribution >= 0.6 is 23.8 Å². The van der Waals surface area contributed by atoms with E-state index in [2.05, 4.69) is 10.6 Å². The largest absolute Gasteiger partial charge is 0.495 e. The zero-order valence-corrected chi connectivity index (χ0v) is 16.0. The van der Waals surface area contributed by atoms with Crippen molar-refractivity contribution >= 4 is 46.0 Å². The third kappa shape index (κ3) is 4.37. The van der Waals surface area contributed by atoms with E-state index in [1.54, 1.807) is 32.4 Å². The van der Waals surface area contributed by atoms with Gasteiger partial charge in [0.25, 0.3) is 0 Å². The fraction of sp³-hybridized carbons (Fsp3) is 0.235. The highest BCUT2D eigenvalue weighted by molar-refractivity contribution is 7.80. The number of benzene rings is 2. The molecular weight excluding hydrogens is 362 g/mol. The van der Waals surface area contributed by atoms with Crippen LogP contribution in [0.4, 0.5) is 17.1 Å². The van der Waals surface area contributed by atoms with Gasteiger partial charge in [0, 0.05) is 17.8 Å². The lowest BCUT2D eigenvalue weighted by atomic mass is 10.1. The molecule has 2 aromatic rings. The summed E-state index contributed by atoms with van der Waals surface area (Å²) in [5.74, 6) is 1.64. The van der Waals surface area contributed by atoms with Crippen molar-refractivity contribution < 1.29 is 14.2 Å². The molecule has 0 heterocycles. The van der Waals surface area contributed by atoms with Crippen molar-refractivity contribution in [2.45, 2.75) is 6.92 Å². The summed E-state index contributed by atoms with van der Waals surface area (Å²) in [5.41, 5.74) is 8.78. The van der Waals surface area contributed by atoms with Crippen molar-refractivity contribution in [2.75, 3.05) is 37.7 Å². The Morgan fingerprint density at radius 2 is 1.52 bits per heavy atom. The van der Waals surface area contributed by atoms with Crippen LogP contribution in [0.3, 0.4) is 0 Å². The molecule has 0 bridgehead atoms. The highest BCUT2D eigenvalue weighted by Crippen LogP contribution is 2.36. The van der Waals surface area contributed by atoms with E-state index in [-0.39, 0.29) is 0 Å². The van der Waals surface area contributed by atoms with E-state index in [0.717, 1.165) is 11.3 Å². The number of nitrogen functional groups attached to an aromatic ring is 1. The Kier molecular flexibility index (Phi) is 6.17. The Bertz CT molecular complexity index is 799. The van der Waals surface area contributed by atoms with Crippen LogP contribution in [0.1, 0.15) is 5.56 Å². The van der Waals surface area contributed by atoms with Crippen LogP contribution in [-0.4, -0.2) is 26.4 Å². The van der Waals surface area contributed by atoms with Crippen molar-refractivity contribution in [3.05, 3.63) is 34.9 Å². The van der Waals surface area contributed by atoms with E-state index in [1.807, 2.05) is 13.0 Å². The van der Waals surface area contributed by atoms with E-state index < -0.39 is 0 Å². The molecule has 0 fully saturated rings. The fourth-order valence-electron chi connectivity index (χ4n) is 2.26. The van der Waals surface area contributed by atoms with E-state index in [0.29, 0.717) is 38.8 Å². The molecule has 25 heavy (non-hydrogen) atoms. The minimum Gasteiger partial charge on any atom is -0.495 e. The van der Waals surface area contributed by atoms with E-state index in [4.69, 9.17) is 43.8 Å². The molecule has 0 spiro atoms. The Morgan fingerprint density at radius 3 is 2.12 bits per heavy atom. The Balaban J connectivity index is 2.22. The number of ether oxygens (including phenoxy) is 3. The monoisotopic (exact) mass is 381 g/mol. The molecule has 0 radical (unpaired) electrons. The van der Waals surface area contributed by atoms with Gasteiger partial charge in [-0.1, -0.05) is 11.6 Å². The molecule has 2 rings (SSSR count). The summed E-state index contributed by atoms with van der Waals surface area (Å²) in [6.45, 7) is 1.92. The maximum atomic E-state index is 6.17. The van der Waals surface area contributed by atoms with Crippen molar-refractivity contribution in [1.29, 1.82) is 0 Å².